The molecule has 7 rings (SSSR count). The molecule has 0 unspecified atom stereocenters. The van der Waals surface area contributed by atoms with Crippen molar-refractivity contribution < 1.29 is 110 Å². The van der Waals surface area contributed by atoms with Crippen LogP contribution in [-0.2, 0) is 85.7 Å². The van der Waals surface area contributed by atoms with Gasteiger partial charge in [0.25, 0.3) is 0 Å². The molecule has 3 aliphatic rings. The van der Waals surface area contributed by atoms with Crippen molar-refractivity contribution >= 4 is 75.0 Å². The second kappa shape index (κ2) is 26.1. The van der Waals surface area contributed by atoms with Gasteiger partial charge in [-0.15, -0.1) is 11.3 Å². The molecule has 4 heterocycles. The van der Waals surface area contributed by atoms with Gasteiger partial charge in [0.2, 0.25) is 24.8 Å². The molecular weight excluding hydrogens is 1050 g/mol. The fraction of sp³-hybridized carbons (Fsp3) is 0.463. The summed E-state index contributed by atoms with van der Waals surface area (Å²) < 4.78 is 107. The first kappa shape index (κ1) is 52.4. The van der Waals surface area contributed by atoms with E-state index in [9.17, 15) is 43.2 Å². The summed E-state index contributed by atoms with van der Waals surface area (Å²) in [5, 5.41) is 0.359. The SMILES string of the molecule is [2H]C([2H])(Oc1ccc(C(=O)c2c(-c3ccc(O[C@@H]4O[C@H](C(=O)OC)[C@@H](OC(C)=O)[C@H](OC(C)=O)[C@H]4OC(C)=O)cc3)sc3cc(O[C@@H]4O[C@H](C(=O)OC)[C@@H](OC(C)=O)[C@H](OC(C)=O)[C@H]4OC(C)=O)ccc23)cc1)C([2H])([2H])N1CCCCC1. The van der Waals surface area contributed by atoms with Crippen LogP contribution in [0, 0.1) is 0 Å². The molecule has 4 aromatic rings. The average Bonchev–Trinajstić information content (AvgIpc) is 2.85. The van der Waals surface area contributed by atoms with Gasteiger partial charge >= 0.3 is 47.8 Å². The number of carbonyl (C=O) groups is 9. The third-order valence-electron chi connectivity index (χ3n) is 12.0. The van der Waals surface area contributed by atoms with Crippen LogP contribution < -0.4 is 14.2 Å². The summed E-state index contributed by atoms with van der Waals surface area (Å²) in [6.07, 6.45) is -14.6. The Morgan fingerprint density at radius 3 is 1.46 bits per heavy atom. The van der Waals surface area contributed by atoms with Gasteiger partial charge in [-0.25, -0.2) is 9.59 Å². The molecule has 0 aliphatic carbocycles. The standard InChI is InChI=1S/C54H59NO22S/c1-27(56)68-42-44(70-29(3)58)48(72-31(5)60)53(76-46(42)51(63)65-7)74-36-18-14-34(15-19-36)50-40(41(62)33-12-16-35(17-13-33)67-25-24-55-22-10-9-11-23-55)38-21-20-37(26-39(38)78-50)75-54-49(73-32(6)61)45(71-30(4)59)43(69-28(2)57)47(77-54)52(64)66-8/h12-21,26,42-49,53-54H,9-11,22-25H2,1-8H3/t42-,43-,44-,45-,46-,47-,48+,49+,53+,54+/m0/s1/i24D2,25D2. The summed E-state index contributed by atoms with van der Waals surface area (Å²) in [6.45, 7) is 1.62. The van der Waals surface area contributed by atoms with E-state index in [0.717, 1.165) is 73.5 Å². The highest BCUT2D eigenvalue weighted by atomic mass is 32.1. The van der Waals surface area contributed by atoms with Crippen LogP contribution in [0.15, 0.2) is 66.7 Å². The molecule has 0 spiro atoms. The second-order valence-corrected chi connectivity index (χ2v) is 18.8. The number of ketones is 1. The maximum Gasteiger partial charge on any atom is 0.339 e. The van der Waals surface area contributed by atoms with E-state index in [2.05, 4.69) is 0 Å². The number of carbonyl (C=O) groups excluding carboxylic acids is 9. The van der Waals surface area contributed by atoms with Crippen molar-refractivity contribution in [2.75, 3.05) is 40.4 Å². The fourth-order valence-electron chi connectivity index (χ4n) is 8.85. The Balaban J connectivity index is 1.28. The summed E-state index contributed by atoms with van der Waals surface area (Å²) in [5.41, 5.74) is 0.636. The fourth-order valence-corrected chi connectivity index (χ4v) is 10.1. The number of ether oxygens (including phenoxy) is 13. The Labute approximate surface area is 457 Å². The number of thiophene rings is 1. The van der Waals surface area contributed by atoms with Crippen molar-refractivity contribution in [1.82, 2.24) is 4.90 Å². The average molecular weight is 1110 g/mol. The van der Waals surface area contributed by atoms with E-state index in [1.807, 2.05) is 0 Å². The highest BCUT2D eigenvalue weighted by molar-refractivity contribution is 7.22. The minimum absolute atomic E-state index is 0.00425. The molecule has 3 saturated heterocycles. The number of hydrogen-bond donors (Lipinski definition) is 0. The Kier molecular flexibility index (Phi) is 17.5. The first-order valence-electron chi connectivity index (χ1n) is 26.3. The van der Waals surface area contributed by atoms with E-state index >= 15 is 0 Å². The highest BCUT2D eigenvalue weighted by Crippen LogP contribution is 2.43. The van der Waals surface area contributed by atoms with Gasteiger partial charge in [-0.3, -0.25) is 38.5 Å². The lowest BCUT2D eigenvalue weighted by molar-refractivity contribution is -0.282. The van der Waals surface area contributed by atoms with E-state index in [1.165, 1.54) is 59.5 Å². The lowest BCUT2D eigenvalue weighted by Gasteiger charge is -2.43. The van der Waals surface area contributed by atoms with Crippen molar-refractivity contribution in [1.29, 1.82) is 0 Å². The number of esters is 8. The van der Waals surface area contributed by atoms with Crippen molar-refractivity contribution in [2.45, 2.75) is 122 Å². The molecule has 0 N–H and O–H groups in total. The van der Waals surface area contributed by atoms with Crippen LogP contribution in [0.5, 0.6) is 17.2 Å². The molecule has 3 aromatic carbocycles. The topological polar surface area (TPSA) is 277 Å². The summed E-state index contributed by atoms with van der Waals surface area (Å²) >= 11 is 1.09. The molecule has 0 saturated carbocycles. The summed E-state index contributed by atoms with van der Waals surface area (Å²) in [7, 11) is 2.07. The van der Waals surface area contributed by atoms with E-state index < -0.39 is 128 Å². The van der Waals surface area contributed by atoms with E-state index in [-0.39, 0.29) is 28.4 Å². The van der Waals surface area contributed by atoms with E-state index in [4.69, 9.17) is 67.1 Å². The van der Waals surface area contributed by atoms with Crippen molar-refractivity contribution in [2.24, 2.45) is 0 Å². The zero-order valence-electron chi connectivity index (χ0n) is 47.5. The van der Waals surface area contributed by atoms with Gasteiger partial charge in [-0.05, 0) is 98.2 Å². The van der Waals surface area contributed by atoms with Crippen LogP contribution in [0.4, 0.5) is 0 Å². The monoisotopic (exact) mass is 1110 g/mol. The number of likely N-dealkylation sites (tertiary alicyclic amines) is 1. The molecule has 0 radical (unpaired) electrons. The summed E-state index contributed by atoms with van der Waals surface area (Å²) in [5.74, 6) is -8.09. The Morgan fingerprint density at radius 1 is 0.551 bits per heavy atom. The predicted octanol–water partition coefficient (Wildman–Crippen LogP) is 4.81. The first-order valence-corrected chi connectivity index (χ1v) is 25.1. The molecular formula is C54H59NO22S. The van der Waals surface area contributed by atoms with Crippen LogP contribution >= 0.6 is 11.3 Å². The largest absolute Gasteiger partial charge is 0.492 e. The highest BCUT2D eigenvalue weighted by Gasteiger charge is 2.57. The molecule has 3 aliphatic heterocycles. The number of nitrogens with zero attached hydrogens (tertiary/aromatic N) is 1. The molecule has 0 amide bonds. The van der Waals surface area contributed by atoms with Gasteiger partial charge in [0.05, 0.1) is 17.0 Å². The number of piperidine rings is 1. The number of rotatable bonds is 19. The van der Waals surface area contributed by atoms with Crippen LogP contribution in [-0.4, -0.2) is 160 Å². The maximum absolute atomic E-state index is 15.0. The Bertz CT molecular complexity index is 3060. The van der Waals surface area contributed by atoms with E-state index in [1.54, 1.807) is 12.1 Å². The van der Waals surface area contributed by atoms with Gasteiger partial charge in [0.15, 0.2) is 42.4 Å². The molecule has 3 fully saturated rings. The molecule has 24 heteroatoms. The minimum atomic E-state index is -2.81. The molecule has 418 valence electrons. The summed E-state index contributed by atoms with van der Waals surface area (Å²) in [4.78, 5) is 117. The van der Waals surface area contributed by atoms with Crippen LogP contribution in [0.1, 0.15) is 82.2 Å². The van der Waals surface area contributed by atoms with Gasteiger partial charge in [-0.2, -0.15) is 0 Å². The van der Waals surface area contributed by atoms with Crippen LogP contribution in [0.25, 0.3) is 20.5 Å². The maximum atomic E-state index is 15.0. The lowest BCUT2D eigenvalue weighted by atomic mass is 9.97. The zero-order chi connectivity index (χ0) is 60.0. The minimum Gasteiger partial charge on any atom is -0.492 e. The van der Waals surface area contributed by atoms with Crippen molar-refractivity contribution in [3.8, 4) is 27.7 Å². The Morgan fingerprint density at radius 2 is 0.987 bits per heavy atom. The molecule has 1 aromatic heterocycles. The predicted molar refractivity (Wildman–Crippen MR) is 269 cm³/mol. The van der Waals surface area contributed by atoms with Gasteiger partial charge < -0.3 is 61.6 Å². The molecule has 78 heavy (non-hydrogen) atoms. The van der Waals surface area contributed by atoms with Crippen molar-refractivity contribution in [3.63, 3.8) is 0 Å². The van der Waals surface area contributed by atoms with Crippen molar-refractivity contribution in [3.05, 3.63) is 77.9 Å². The zero-order valence-corrected chi connectivity index (χ0v) is 44.3. The van der Waals surface area contributed by atoms with E-state index in [0.29, 0.717) is 46.5 Å². The summed E-state index contributed by atoms with van der Waals surface area (Å²) in [6, 6.07) is 15.9. The lowest BCUT2D eigenvalue weighted by Crippen LogP contribution is -2.64. The second-order valence-electron chi connectivity index (χ2n) is 17.8. The Hall–Kier alpha value is -7.67. The first-order chi connectivity index (χ1) is 38.7. The quantitative estimate of drug-likeness (QED) is 0.0692. The number of benzene rings is 3. The normalized spacial score (nSPS) is 25.2. The van der Waals surface area contributed by atoms with Crippen LogP contribution in [0.3, 0.4) is 0 Å². The van der Waals surface area contributed by atoms with Gasteiger partial charge in [0, 0.05) is 76.9 Å². The molecule has 23 nitrogen and oxygen atoms in total. The van der Waals surface area contributed by atoms with Gasteiger partial charge in [0.1, 0.15) is 23.8 Å². The molecule has 0 bridgehead atoms. The van der Waals surface area contributed by atoms with Gasteiger partial charge in [-0.1, -0.05) is 6.42 Å². The number of fused-ring (bicyclic) bond motifs is 1. The third-order valence-corrected chi connectivity index (χ3v) is 13.2. The van der Waals surface area contributed by atoms with Crippen LogP contribution in [0.2, 0.25) is 0 Å². The third kappa shape index (κ3) is 14.3. The number of hydrogen-bond acceptors (Lipinski definition) is 24. The molecule has 10 atom stereocenters. The smallest absolute Gasteiger partial charge is 0.339 e. The number of methoxy groups -OCH3 is 2.